The molecule has 0 aliphatic rings. The number of rotatable bonds is 2. The van der Waals surface area contributed by atoms with Gasteiger partial charge in [-0.25, -0.2) is 0 Å². The van der Waals surface area contributed by atoms with Crippen LogP contribution in [0.2, 0.25) is 5.02 Å². The Hall–Kier alpha value is -2.28. The first-order chi connectivity index (χ1) is 10.8. The summed E-state index contributed by atoms with van der Waals surface area (Å²) in [6, 6.07) is 8.65. The van der Waals surface area contributed by atoms with E-state index in [4.69, 9.17) is 16.3 Å². The molecular formula is C15H11ClF3N3O. The lowest BCUT2D eigenvalue weighted by molar-refractivity contribution is -0.146. The highest BCUT2D eigenvalue weighted by atomic mass is 35.5. The average Bonchev–Trinajstić information content (AvgIpc) is 2.87. The lowest BCUT2D eigenvalue weighted by Crippen LogP contribution is -2.13. The third kappa shape index (κ3) is 2.61. The Morgan fingerprint density at radius 1 is 1.13 bits per heavy atom. The summed E-state index contributed by atoms with van der Waals surface area (Å²) in [6.45, 7) is 0. The van der Waals surface area contributed by atoms with Gasteiger partial charge in [-0.1, -0.05) is 23.7 Å². The molecule has 120 valence electrons. The van der Waals surface area contributed by atoms with Gasteiger partial charge in [0.15, 0.2) is 5.82 Å². The number of benzene rings is 2. The van der Waals surface area contributed by atoms with Gasteiger partial charge in [0.25, 0.3) is 0 Å². The summed E-state index contributed by atoms with van der Waals surface area (Å²) in [6.07, 6.45) is -4.58. The first-order valence-corrected chi connectivity index (χ1v) is 6.94. The second kappa shape index (κ2) is 5.42. The zero-order valence-corrected chi connectivity index (χ0v) is 12.9. The number of alkyl halides is 3. The van der Waals surface area contributed by atoms with Crippen molar-refractivity contribution in [1.29, 1.82) is 0 Å². The summed E-state index contributed by atoms with van der Waals surface area (Å²) in [5, 5.41) is 8.96. The predicted octanol–water partition coefficient (Wildman–Crippen LogP) is 4.32. The van der Waals surface area contributed by atoms with Crippen LogP contribution in [0.3, 0.4) is 0 Å². The zero-order valence-electron chi connectivity index (χ0n) is 12.1. The molecule has 0 radical (unpaired) electrons. The number of methoxy groups -OCH3 is 1. The number of nitrogens with zero attached hydrogens (tertiary/aromatic N) is 3. The van der Waals surface area contributed by atoms with E-state index in [1.54, 1.807) is 24.3 Å². The van der Waals surface area contributed by atoms with Crippen molar-refractivity contribution in [3.63, 3.8) is 0 Å². The van der Waals surface area contributed by atoms with E-state index in [-0.39, 0.29) is 5.82 Å². The van der Waals surface area contributed by atoms with Gasteiger partial charge in [-0.05, 0) is 23.6 Å². The Kier molecular flexibility index (Phi) is 3.68. The second-order valence-corrected chi connectivity index (χ2v) is 5.35. The van der Waals surface area contributed by atoms with Gasteiger partial charge < -0.3 is 9.30 Å². The van der Waals surface area contributed by atoms with Crippen LogP contribution in [0.5, 0.6) is 5.75 Å². The van der Waals surface area contributed by atoms with E-state index in [0.29, 0.717) is 21.7 Å². The SMILES string of the molecule is COc1c(-c2nnc(C(F)(F)F)n2C)ccc2ccc(Cl)cc12. The maximum atomic E-state index is 12.9. The molecule has 0 aliphatic carbocycles. The van der Waals surface area contributed by atoms with Crippen LogP contribution in [0.4, 0.5) is 13.2 Å². The summed E-state index contributed by atoms with van der Waals surface area (Å²) in [4.78, 5) is 0. The largest absolute Gasteiger partial charge is 0.495 e. The number of fused-ring (bicyclic) bond motifs is 1. The minimum atomic E-state index is -4.58. The highest BCUT2D eigenvalue weighted by Gasteiger charge is 2.38. The molecule has 0 fully saturated rings. The van der Waals surface area contributed by atoms with Crippen molar-refractivity contribution in [3.05, 3.63) is 41.2 Å². The van der Waals surface area contributed by atoms with Crippen molar-refractivity contribution in [3.8, 4) is 17.1 Å². The Balaban J connectivity index is 2.27. The van der Waals surface area contributed by atoms with Crippen LogP contribution in [0, 0.1) is 0 Å². The van der Waals surface area contributed by atoms with Crippen LogP contribution >= 0.6 is 11.6 Å². The van der Waals surface area contributed by atoms with Gasteiger partial charge in [-0.2, -0.15) is 13.2 Å². The number of hydrogen-bond donors (Lipinski definition) is 0. The molecule has 0 amide bonds. The second-order valence-electron chi connectivity index (χ2n) is 4.92. The summed E-state index contributed by atoms with van der Waals surface area (Å²) < 4.78 is 45.0. The molecule has 4 nitrogen and oxygen atoms in total. The van der Waals surface area contributed by atoms with E-state index in [1.165, 1.54) is 14.2 Å². The van der Waals surface area contributed by atoms with Gasteiger partial charge in [0.05, 0.1) is 12.7 Å². The minimum absolute atomic E-state index is 0.0658. The Labute approximate surface area is 134 Å². The van der Waals surface area contributed by atoms with E-state index < -0.39 is 12.0 Å². The van der Waals surface area contributed by atoms with Crippen LogP contribution in [-0.4, -0.2) is 21.9 Å². The molecule has 2 aromatic carbocycles. The van der Waals surface area contributed by atoms with Crippen molar-refractivity contribution >= 4 is 22.4 Å². The molecule has 0 aliphatic heterocycles. The molecule has 1 aromatic heterocycles. The van der Waals surface area contributed by atoms with Crippen molar-refractivity contribution in [2.45, 2.75) is 6.18 Å². The minimum Gasteiger partial charge on any atom is -0.495 e. The number of hydrogen-bond acceptors (Lipinski definition) is 3. The summed E-state index contributed by atoms with van der Waals surface area (Å²) in [5.74, 6) is -0.606. The van der Waals surface area contributed by atoms with Crippen LogP contribution < -0.4 is 4.74 Å². The molecule has 0 atom stereocenters. The van der Waals surface area contributed by atoms with E-state index in [9.17, 15) is 13.2 Å². The fraction of sp³-hybridized carbons (Fsp3) is 0.200. The molecule has 0 saturated heterocycles. The fourth-order valence-electron chi connectivity index (χ4n) is 2.47. The predicted molar refractivity (Wildman–Crippen MR) is 80.5 cm³/mol. The third-order valence-electron chi connectivity index (χ3n) is 3.51. The first kappa shape index (κ1) is 15.6. The highest BCUT2D eigenvalue weighted by Crippen LogP contribution is 2.38. The fourth-order valence-corrected chi connectivity index (χ4v) is 2.64. The zero-order chi connectivity index (χ0) is 16.8. The van der Waals surface area contributed by atoms with E-state index in [0.717, 1.165) is 9.95 Å². The molecule has 0 unspecified atom stereocenters. The molecule has 23 heavy (non-hydrogen) atoms. The van der Waals surface area contributed by atoms with Gasteiger partial charge in [0.2, 0.25) is 5.82 Å². The standard InChI is InChI=1S/C15H11ClF3N3O/c1-22-13(20-21-14(22)15(17,18)19)10-6-4-8-3-5-9(16)7-11(8)12(10)23-2/h3-7H,1-2H3. The van der Waals surface area contributed by atoms with Crippen LogP contribution in [-0.2, 0) is 13.2 Å². The first-order valence-electron chi connectivity index (χ1n) is 6.56. The summed E-state index contributed by atoms with van der Waals surface area (Å²) in [5.41, 5.74) is 0.410. The smallest absolute Gasteiger partial charge is 0.451 e. The van der Waals surface area contributed by atoms with E-state index in [1.807, 2.05) is 6.07 Å². The van der Waals surface area contributed by atoms with Crippen molar-refractivity contribution in [2.24, 2.45) is 7.05 Å². The molecule has 3 aromatic rings. The van der Waals surface area contributed by atoms with Crippen LogP contribution in [0.25, 0.3) is 22.2 Å². The summed E-state index contributed by atoms with van der Waals surface area (Å²) in [7, 11) is 2.71. The quantitative estimate of drug-likeness (QED) is 0.697. The maximum absolute atomic E-state index is 12.9. The van der Waals surface area contributed by atoms with Crippen LogP contribution in [0.15, 0.2) is 30.3 Å². The Bertz CT molecular complexity index is 890. The van der Waals surface area contributed by atoms with Crippen molar-refractivity contribution < 1.29 is 17.9 Å². The lowest BCUT2D eigenvalue weighted by atomic mass is 10.0. The van der Waals surface area contributed by atoms with Crippen LogP contribution in [0.1, 0.15) is 5.82 Å². The topological polar surface area (TPSA) is 39.9 Å². The Morgan fingerprint density at radius 2 is 1.83 bits per heavy atom. The van der Waals surface area contributed by atoms with Crippen molar-refractivity contribution in [2.75, 3.05) is 7.11 Å². The van der Waals surface area contributed by atoms with Gasteiger partial charge in [0, 0.05) is 17.5 Å². The number of ether oxygens (including phenoxy) is 1. The van der Waals surface area contributed by atoms with E-state index >= 15 is 0 Å². The van der Waals surface area contributed by atoms with Gasteiger partial charge in [-0.15, -0.1) is 10.2 Å². The van der Waals surface area contributed by atoms with E-state index in [2.05, 4.69) is 10.2 Å². The Morgan fingerprint density at radius 3 is 2.43 bits per heavy atom. The molecule has 0 spiro atoms. The molecule has 1 heterocycles. The van der Waals surface area contributed by atoms with Gasteiger partial charge in [0.1, 0.15) is 5.75 Å². The number of halogens is 4. The normalized spacial score (nSPS) is 11.9. The van der Waals surface area contributed by atoms with Gasteiger partial charge >= 0.3 is 6.18 Å². The molecular weight excluding hydrogens is 331 g/mol. The third-order valence-corrected chi connectivity index (χ3v) is 3.74. The highest BCUT2D eigenvalue weighted by molar-refractivity contribution is 6.31. The molecule has 0 N–H and O–H groups in total. The summed E-state index contributed by atoms with van der Waals surface area (Å²) >= 11 is 6.00. The maximum Gasteiger partial charge on any atom is 0.451 e. The van der Waals surface area contributed by atoms with Gasteiger partial charge in [-0.3, -0.25) is 0 Å². The molecule has 8 heteroatoms. The molecule has 3 rings (SSSR count). The average molecular weight is 342 g/mol. The molecule has 0 saturated carbocycles. The number of aromatic nitrogens is 3. The van der Waals surface area contributed by atoms with Crippen molar-refractivity contribution in [1.82, 2.24) is 14.8 Å². The lowest BCUT2D eigenvalue weighted by Gasteiger charge is -2.12. The molecule has 0 bridgehead atoms. The monoisotopic (exact) mass is 341 g/mol.